The Kier molecular flexibility index (Phi) is 3.99. The first kappa shape index (κ1) is 13.5. The van der Waals surface area contributed by atoms with Crippen molar-refractivity contribution in [3.63, 3.8) is 0 Å². The molecule has 1 aromatic carbocycles. The van der Waals surface area contributed by atoms with Crippen molar-refractivity contribution in [2.75, 3.05) is 11.9 Å². The number of nitrogens with one attached hydrogen (secondary N) is 1. The first-order valence-electron chi connectivity index (χ1n) is 7.29. The second-order valence-electron chi connectivity index (χ2n) is 6.71. The summed E-state index contributed by atoms with van der Waals surface area (Å²) in [6.07, 6.45) is 4.16. The molecule has 2 rings (SSSR count). The molecular weight excluding hydrogens is 218 g/mol. The van der Waals surface area contributed by atoms with E-state index in [1.54, 1.807) is 0 Å². The van der Waals surface area contributed by atoms with E-state index < -0.39 is 0 Å². The van der Waals surface area contributed by atoms with Crippen molar-refractivity contribution < 1.29 is 0 Å². The lowest BCUT2D eigenvalue weighted by Crippen LogP contribution is -2.38. The Balaban J connectivity index is 2.00. The third-order valence-electron chi connectivity index (χ3n) is 4.72. The molecule has 0 spiro atoms. The lowest BCUT2D eigenvalue weighted by atomic mass is 9.64. The van der Waals surface area contributed by atoms with Crippen LogP contribution in [0.2, 0.25) is 0 Å². The lowest BCUT2D eigenvalue weighted by Gasteiger charge is -2.43. The fourth-order valence-corrected chi connectivity index (χ4v) is 3.50. The van der Waals surface area contributed by atoms with Gasteiger partial charge in [-0.15, -0.1) is 0 Å². The summed E-state index contributed by atoms with van der Waals surface area (Å²) in [5.41, 5.74) is 3.08. The molecular formula is C17H27N. The van der Waals surface area contributed by atoms with Crippen LogP contribution in [0.4, 0.5) is 5.69 Å². The number of anilines is 1. The van der Waals surface area contributed by atoms with Crippen LogP contribution < -0.4 is 5.32 Å². The minimum atomic E-state index is 0.481. The fraction of sp³-hybridized carbons (Fsp3) is 0.647. The largest absolute Gasteiger partial charge is 0.385 e. The molecule has 0 bridgehead atoms. The summed E-state index contributed by atoms with van der Waals surface area (Å²) in [4.78, 5) is 0. The molecule has 18 heavy (non-hydrogen) atoms. The molecule has 0 radical (unpaired) electrons. The van der Waals surface area contributed by atoms with E-state index in [1.807, 2.05) is 0 Å². The van der Waals surface area contributed by atoms with E-state index >= 15 is 0 Å². The maximum Gasteiger partial charge on any atom is 0.0342 e. The normalized spacial score (nSPS) is 26.9. The Morgan fingerprint density at radius 3 is 2.78 bits per heavy atom. The van der Waals surface area contributed by atoms with Crippen LogP contribution in [0.5, 0.6) is 0 Å². The van der Waals surface area contributed by atoms with E-state index in [2.05, 4.69) is 57.3 Å². The average molecular weight is 245 g/mol. The van der Waals surface area contributed by atoms with Gasteiger partial charge in [-0.25, -0.2) is 0 Å². The molecule has 1 N–H and O–H groups in total. The van der Waals surface area contributed by atoms with Crippen molar-refractivity contribution in [2.24, 2.45) is 17.3 Å². The summed E-state index contributed by atoms with van der Waals surface area (Å²) in [6, 6.07) is 8.69. The van der Waals surface area contributed by atoms with Gasteiger partial charge in [0.25, 0.3) is 0 Å². The van der Waals surface area contributed by atoms with E-state index in [4.69, 9.17) is 0 Å². The number of benzene rings is 1. The topological polar surface area (TPSA) is 12.0 Å². The summed E-state index contributed by atoms with van der Waals surface area (Å²) in [5, 5.41) is 3.64. The van der Waals surface area contributed by atoms with Gasteiger partial charge in [-0.1, -0.05) is 45.7 Å². The first-order chi connectivity index (χ1) is 8.49. The monoisotopic (exact) mass is 245 g/mol. The standard InChI is InChI=1S/C17H27N/c1-13-7-5-9-15(11-13)18-12-16-14(2)8-6-10-17(16,3)4/h5,7,9,11,14,16,18H,6,8,10,12H2,1-4H3/t14-,16-/m0/s1. The Morgan fingerprint density at radius 2 is 2.11 bits per heavy atom. The maximum atomic E-state index is 3.64. The van der Waals surface area contributed by atoms with Gasteiger partial charge in [0, 0.05) is 12.2 Å². The van der Waals surface area contributed by atoms with Crippen molar-refractivity contribution in [1.29, 1.82) is 0 Å². The SMILES string of the molecule is Cc1cccc(NC[C@H]2[C@@H](C)CCCC2(C)C)c1. The molecule has 0 unspecified atom stereocenters. The minimum absolute atomic E-state index is 0.481. The molecule has 1 heteroatoms. The first-order valence-corrected chi connectivity index (χ1v) is 7.29. The Morgan fingerprint density at radius 1 is 1.33 bits per heavy atom. The van der Waals surface area contributed by atoms with E-state index in [1.165, 1.54) is 30.5 Å². The van der Waals surface area contributed by atoms with Crippen LogP contribution in [-0.4, -0.2) is 6.54 Å². The molecule has 100 valence electrons. The molecule has 1 aromatic rings. The van der Waals surface area contributed by atoms with Gasteiger partial charge in [0.15, 0.2) is 0 Å². The van der Waals surface area contributed by atoms with Crippen molar-refractivity contribution in [2.45, 2.75) is 47.0 Å². The summed E-state index contributed by atoms with van der Waals surface area (Å²) >= 11 is 0. The van der Waals surface area contributed by atoms with E-state index in [0.29, 0.717) is 5.41 Å². The Hall–Kier alpha value is -0.980. The van der Waals surface area contributed by atoms with E-state index in [-0.39, 0.29) is 0 Å². The molecule has 0 saturated heterocycles. The molecule has 1 saturated carbocycles. The quantitative estimate of drug-likeness (QED) is 0.801. The van der Waals surface area contributed by atoms with E-state index in [0.717, 1.165) is 18.4 Å². The smallest absolute Gasteiger partial charge is 0.0342 e. The second kappa shape index (κ2) is 5.34. The van der Waals surface area contributed by atoms with Crippen molar-refractivity contribution >= 4 is 5.69 Å². The molecule has 0 aromatic heterocycles. The zero-order valence-corrected chi connectivity index (χ0v) is 12.3. The highest BCUT2D eigenvalue weighted by Gasteiger charge is 2.36. The Labute approximate surface area is 112 Å². The predicted octanol–water partition coefficient (Wildman–Crippen LogP) is 4.87. The van der Waals surface area contributed by atoms with Gasteiger partial charge in [-0.2, -0.15) is 0 Å². The highest BCUT2D eigenvalue weighted by molar-refractivity contribution is 5.45. The zero-order chi connectivity index (χ0) is 13.2. The third-order valence-corrected chi connectivity index (χ3v) is 4.72. The molecule has 1 nitrogen and oxygen atoms in total. The molecule has 1 fully saturated rings. The van der Waals surface area contributed by atoms with Crippen molar-refractivity contribution in [3.8, 4) is 0 Å². The van der Waals surface area contributed by atoms with Gasteiger partial charge in [0.1, 0.15) is 0 Å². The van der Waals surface area contributed by atoms with Gasteiger partial charge in [0.2, 0.25) is 0 Å². The molecule has 0 aliphatic heterocycles. The van der Waals surface area contributed by atoms with Crippen LogP contribution >= 0.6 is 0 Å². The summed E-state index contributed by atoms with van der Waals surface area (Å²) in [7, 11) is 0. The van der Waals surface area contributed by atoms with Gasteiger partial charge in [-0.05, 0) is 48.3 Å². The lowest BCUT2D eigenvalue weighted by molar-refractivity contribution is 0.0944. The van der Waals surface area contributed by atoms with Crippen molar-refractivity contribution in [3.05, 3.63) is 29.8 Å². The fourth-order valence-electron chi connectivity index (χ4n) is 3.50. The number of hydrogen-bond acceptors (Lipinski definition) is 1. The van der Waals surface area contributed by atoms with Crippen LogP contribution in [0.25, 0.3) is 0 Å². The maximum absolute atomic E-state index is 3.64. The summed E-state index contributed by atoms with van der Waals surface area (Å²) < 4.78 is 0. The predicted molar refractivity (Wildman–Crippen MR) is 80.0 cm³/mol. The van der Waals surface area contributed by atoms with Gasteiger partial charge >= 0.3 is 0 Å². The van der Waals surface area contributed by atoms with Crippen LogP contribution in [-0.2, 0) is 0 Å². The van der Waals surface area contributed by atoms with E-state index in [9.17, 15) is 0 Å². The minimum Gasteiger partial charge on any atom is -0.385 e. The average Bonchev–Trinajstić information content (AvgIpc) is 2.27. The molecule has 1 aliphatic carbocycles. The van der Waals surface area contributed by atoms with Crippen LogP contribution in [0.15, 0.2) is 24.3 Å². The highest BCUT2D eigenvalue weighted by atomic mass is 14.9. The third kappa shape index (κ3) is 3.07. The number of rotatable bonds is 3. The summed E-state index contributed by atoms with van der Waals surface area (Å²) in [5.74, 6) is 1.62. The number of aryl methyl sites for hydroxylation is 1. The van der Waals surface area contributed by atoms with Crippen LogP contribution in [0.1, 0.15) is 45.6 Å². The molecule has 2 atom stereocenters. The van der Waals surface area contributed by atoms with Gasteiger partial charge < -0.3 is 5.32 Å². The van der Waals surface area contributed by atoms with Gasteiger partial charge in [0.05, 0.1) is 0 Å². The van der Waals surface area contributed by atoms with Crippen LogP contribution in [0.3, 0.4) is 0 Å². The Bertz CT molecular complexity index is 394. The van der Waals surface area contributed by atoms with Crippen LogP contribution in [0, 0.1) is 24.2 Å². The summed E-state index contributed by atoms with van der Waals surface area (Å²) in [6.45, 7) is 10.6. The van der Waals surface area contributed by atoms with Gasteiger partial charge in [-0.3, -0.25) is 0 Å². The number of hydrogen-bond donors (Lipinski definition) is 1. The van der Waals surface area contributed by atoms with Crippen molar-refractivity contribution in [1.82, 2.24) is 0 Å². The second-order valence-corrected chi connectivity index (χ2v) is 6.71. The zero-order valence-electron chi connectivity index (χ0n) is 12.3. The molecule has 1 aliphatic rings. The highest BCUT2D eigenvalue weighted by Crippen LogP contribution is 2.43. The molecule has 0 amide bonds. The molecule has 0 heterocycles.